The van der Waals surface area contributed by atoms with Crippen molar-refractivity contribution >= 4 is 73.6 Å². The van der Waals surface area contributed by atoms with E-state index < -0.39 is 5.91 Å². The molecule has 0 fully saturated rings. The van der Waals surface area contributed by atoms with Crippen molar-refractivity contribution in [3.63, 3.8) is 0 Å². The van der Waals surface area contributed by atoms with Crippen LogP contribution in [0.5, 0.6) is 0 Å². The Kier molecular flexibility index (Phi) is 5.76. The molecule has 0 unspecified atom stereocenters. The average molecular weight is 515 g/mol. The minimum absolute atomic E-state index is 0.256. The third kappa shape index (κ3) is 4.07. The van der Waals surface area contributed by atoms with Crippen LogP contribution in [0.25, 0.3) is 32.8 Å². The molecule has 3 heterocycles. The number of nitrogen functional groups attached to an aromatic ring is 1. The number of furan rings is 1. The van der Waals surface area contributed by atoms with Gasteiger partial charge in [0.1, 0.15) is 15.5 Å². The number of thiophene rings is 1. The monoisotopic (exact) mass is 513 g/mol. The number of nitrogens with one attached hydrogen (secondary N) is 1. The smallest absolute Gasteiger partial charge is 0.267 e. The molecule has 0 aliphatic carbocycles. The van der Waals surface area contributed by atoms with Gasteiger partial charge in [0.2, 0.25) is 0 Å². The lowest BCUT2D eigenvalue weighted by Crippen LogP contribution is -2.12. The molecule has 5 nitrogen and oxygen atoms in total. The molecule has 1 amide bonds. The Morgan fingerprint density at radius 2 is 1.82 bits per heavy atom. The SMILES string of the molecule is Nc1c(C(=O)Nc2cccc(Cl)c2Cl)sc2nc(-c3ccc(Cl)cc3)cc(-c3ccco3)c12. The van der Waals surface area contributed by atoms with E-state index in [9.17, 15) is 4.79 Å². The first-order valence-electron chi connectivity index (χ1n) is 9.70. The second kappa shape index (κ2) is 8.72. The molecule has 0 saturated carbocycles. The van der Waals surface area contributed by atoms with Gasteiger partial charge in [-0.25, -0.2) is 4.98 Å². The van der Waals surface area contributed by atoms with Crippen LogP contribution in [0.4, 0.5) is 11.4 Å². The number of nitrogens with two attached hydrogens (primary N) is 1. The van der Waals surface area contributed by atoms with Crippen molar-refractivity contribution in [3.05, 3.63) is 86.9 Å². The molecule has 0 aliphatic heterocycles. The van der Waals surface area contributed by atoms with E-state index in [0.29, 0.717) is 48.0 Å². The van der Waals surface area contributed by atoms with Crippen LogP contribution in [-0.2, 0) is 0 Å². The summed E-state index contributed by atoms with van der Waals surface area (Å²) < 4.78 is 5.65. The molecule has 5 aromatic rings. The van der Waals surface area contributed by atoms with E-state index >= 15 is 0 Å². The summed E-state index contributed by atoms with van der Waals surface area (Å²) >= 11 is 19.5. The van der Waals surface area contributed by atoms with Crippen LogP contribution in [0.15, 0.2) is 71.3 Å². The first-order chi connectivity index (χ1) is 15.9. The van der Waals surface area contributed by atoms with Crippen LogP contribution >= 0.6 is 46.1 Å². The number of benzene rings is 2. The van der Waals surface area contributed by atoms with Crippen molar-refractivity contribution in [1.82, 2.24) is 4.98 Å². The summed E-state index contributed by atoms with van der Waals surface area (Å²) in [6, 6.07) is 17.9. The number of halogens is 3. The van der Waals surface area contributed by atoms with Gasteiger partial charge in [0.25, 0.3) is 5.91 Å². The highest BCUT2D eigenvalue weighted by Gasteiger charge is 2.23. The second-order valence-electron chi connectivity index (χ2n) is 7.12. The molecule has 0 atom stereocenters. The number of rotatable bonds is 4. The summed E-state index contributed by atoms with van der Waals surface area (Å²) in [5.74, 6) is 0.213. The molecule has 0 spiro atoms. The molecule has 0 aliphatic rings. The van der Waals surface area contributed by atoms with Gasteiger partial charge in [0.15, 0.2) is 0 Å². The first kappa shape index (κ1) is 21.8. The maximum absolute atomic E-state index is 13.1. The van der Waals surface area contributed by atoms with Crippen LogP contribution < -0.4 is 11.1 Å². The average Bonchev–Trinajstić information content (AvgIpc) is 3.45. The summed E-state index contributed by atoms with van der Waals surface area (Å²) in [6.07, 6.45) is 1.58. The van der Waals surface area contributed by atoms with Gasteiger partial charge in [-0.1, -0.05) is 53.0 Å². The van der Waals surface area contributed by atoms with Crippen LogP contribution in [0.2, 0.25) is 15.1 Å². The fourth-order valence-electron chi connectivity index (χ4n) is 3.46. The maximum atomic E-state index is 13.1. The Balaban J connectivity index is 1.65. The van der Waals surface area contributed by atoms with Gasteiger partial charge in [-0.3, -0.25) is 4.79 Å². The minimum Gasteiger partial charge on any atom is -0.464 e. The Bertz CT molecular complexity index is 1500. The molecular weight excluding hydrogens is 501 g/mol. The molecule has 2 aromatic carbocycles. The van der Waals surface area contributed by atoms with E-state index in [0.717, 1.165) is 11.1 Å². The highest BCUT2D eigenvalue weighted by Crippen LogP contribution is 2.42. The Morgan fingerprint density at radius 3 is 2.55 bits per heavy atom. The molecule has 0 bridgehead atoms. The Labute approximate surface area is 207 Å². The summed E-state index contributed by atoms with van der Waals surface area (Å²) in [5.41, 5.74) is 9.49. The zero-order valence-electron chi connectivity index (χ0n) is 16.7. The normalized spacial score (nSPS) is 11.1. The van der Waals surface area contributed by atoms with Gasteiger partial charge in [0, 0.05) is 21.5 Å². The van der Waals surface area contributed by atoms with Crippen LogP contribution in [0, 0.1) is 0 Å². The molecule has 3 N–H and O–H groups in total. The fourth-order valence-corrected chi connectivity index (χ4v) is 4.95. The van der Waals surface area contributed by atoms with Crippen molar-refractivity contribution in [3.8, 4) is 22.6 Å². The maximum Gasteiger partial charge on any atom is 0.267 e. The Hall–Kier alpha value is -3.03. The van der Waals surface area contributed by atoms with Crippen molar-refractivity contribution in [1.29, 1.82) is 0 Å². The second-order valence-corrected chi connectivity index (χ2v) is 9.34. The number of anilines is 2. The van der Waals surface area contributed by atoms with E-state index in [1.807, 2.05) is 24.3 Å². The zero-order chi connectivity index (χ0) is 23.1. The highest BCUT2D eigenvalue weighted by molar-refractivity contribution is 7.21. The number of nitrogens with zero attached hydrogens (tertiary/aromatic N) is 1. The van der Waals surface area contributed by atoms with Gasteiger partial charge in [-0.2, -0.15) is 0 Å². The number of pyridine rings is 1. The summed E-state index contributed by atoms with van der Waals surface area (Å²) in [7, 11) is 0. The largest absolute Gasteiger partial charge is 0.464 e. The highest BCUT2D eigenvalue weighted by atomic mass is 35.5. The number of aromatic nitrogens is 1. The topological polar surface area (TPSA) is 81.2 Å². The number of hydrogen-bond donors (Lipinski definition) is 2. The molecule has 5 rings (SSSR count). The lowest BCUT2D eigenvalue weighted by atomic mass is 10.0. The van der Waals surface area contributed by atoms with Crippen LogP contribution in [-0.4, -0.2) is 10.9 Å². The molecule has 0 saturated heterocycles. The molecule has 9 heteroatoms. The van der Waals surface area contributed by atoms with Gasteiger partial charge in [-0.15, -0.1) is 11.3 Å². The summed E-state index contributed by atoms with van der Waals surface area (Å²) in [5, 5.41) is 4.66. The number of carbonyl (C=O) groups excluding carboxylic acids is 1. The first-order valence-corrected chi connectivity index (χ1v) is 11.7. The van der Waals surface area contributed by atoms with Gasteiger partial charge in [-0.05, 0) is 42.5 Å². The Morgan fingerprint density at radius 1 is 1.03 bits per heavy atom. The van der Waals surface area contributed by atoms with Gasteiger partial charge in [0.05, 0.1) is 33.4 Å². The van der Waals surface area contributed by atoms with Crippen molar-refractivity contribution in [2.45, 2.75) is 0 Å². The predicted octanol–water partition coefficient (Wildman–Crippen LogP) is 8.02. The van der Waals surface area contributed by atoms with Crippen LogP contribution in [0.1, 0.15) is 9.67 Å². The van der Waals surface area contributed by atoms with Gasteiger partial charge < -0.3 is 15.5 Å². The number of amides is 1. The van der Waals surface area contributed by atoms with E-state index in [-0.39, 0.29) is 5.02 Å². The molecule has 33 heavy (non-hydrogen) atoms. The molecule has 3 aromatic heterocycles. The lowest BCUT2D eigenvalue weighted by Gasteiger charge is -2.08. The van der Waals surface area contributed by atoms with Crippen molar-refractivity contribution in [2.24, 2.45) is 0 Å². The standard InChI is InChI=1S/C24H14Cl3N3O2S/c25-13-8-6-12(7-9-13)17-11-14(18-5-2-10-32-18)19-21(28)22(33-24(19)30-17)23(31)29-16-4-1-3-15(26)20(16)27/h1-11H,28H2,(H,29,31). The van der Waals surface area contributed by atoms with Crippen LogP contribution in [0.3, 0.4) is 0 Å². The third-order valence-corrected chi connectivity index (χ3v) is 7.20. The van der Waals surface area contributed by atoms with E-state index in [4.69, 9.17) is 49.9 Å². The molecule has 164 valence electrons. The number of fused-ring (bicyclic) bond motifs is 1. The quantitative estimate of drug-likeness (QED) is 0.254. The third-order valence-electron chi connectivity index (χ3n) is 5.03. The molecule has 0 radical (unpaired) electrons. The van der Waals surface area contributed by atoms with E-state index in [1.54, 1.807) is 42.7 Å². The van der Waals surface area contributed by atoms with E-state index in [1.165, 1.54) is 11.3 Å². The minimum atomic E-state index is -0.405. The lowest BCUT2D eigenvalue weighted by molar-refractivity contribution is 0.103. The zero-order valence-corrected chi connectivity index (χ0v) is 19.8. The summed E-state index contributed by atoms with van der Waals surface area (Å²) in [4.78, 5) is 18.8. The summed E-state index contributed by atoms with van der Waals surface area (Å²) in [6.45, 7) is 0. The van der Waals surface area contributed by atoms with Crippen molar-refractivity contribution < 1.29 is 9.21 Å². The number of hydrogen-bond acceptors (Lipinski definition) is 5. The van der Waals surface area contributed by atoms with Crippen molar-refractivity contribution in [2.75, 3.05) is 11.1 Å². The van der Waals surface area contributed by atoms with E-state index in [2.05, 4.69) is 5.32 Å². The fraction of sp³-hybridized carbons (Fsp3) is 0. The molecular formula is C24H14Cl3N3O2S. The number of carbonyl (C=O) groups is 1. The van der Waals surface area contributed by atoms with Gasteiger partial charge >= 0.3 is 0 Å². The predicted molar refractivity (Wildman–Crippen MR) is 137 cm³/mol.